The fraction of sp³-hybridized carbons (Fsp3) is 0.300. The van der Waals surface area contributed by atoms with Crippen molar-refractivity contribution in [2.24, 2.45) is 10.3 Å². The van der Waals surface area contributed by atoms with Gasteiger partial charge in [-0.1, -0.05) is 17.4 Å². The third-order valence-electron chi connectivity index (χ3n) is 4.86. The average molecular weight is 418 g/mol. The van der Waals surface area contributed by atoms with E-state index in [2.05, 4.69) is 10.3 Å². The van der Waals surface area contributed by atoms with Crippen LogP contribution < -0.4 is 9.64 Å². The second-order valence-corrected chi connectivity index (χ2v) is 6.83. The van der Waals surface area contributed by atoms with Gasteiger partial charge in [0.05, 0.1) is 24.4 Å². The van der Waals surface area contributed by atoms with Crippen LogP contribution in [0.15, 0.2) is 58.9 Å². The third kappa shape index (κ3) is 3.49. The van der Waals surface area contributed by atoms with Crippen molar-refractivity contribution in [1.29, 1.82) is 0 Å². The molecule has 2 aliphatic heterocycles. The molecule has 2 aromatic rings. The summed E-state index contributed by atoms with van der Waals surface area (Å²) in [6.45, 7) is 2.24. The van der Waals surface area contributed by atoms with Crippen LogP contribution in [0, 0.1) is 0 Å². The first-order chi connectivity index (χ1) is 14.3. The molecule has 1 fully saturated rings. The topological polar surface area (TPSA) is 74.6 Å². The zero-order valence-electron chi connectivity index (χ0n) is 15.8. The largest absolute Gasteiger partial charge is 0.494 e. The Labute approximate surface area is 169 Å². The van der Waals surface area contributed by atoms with E-state index < -0.39 is 35.6 Å². The number of rotatable bonds is 5. The number of nitrogens with zero attached hydrogens (tertiary/aromatic N) is 4. The van der Waals surface area contributed by atoms with Gasteiger partial charge in [0.2, 0.25) is 0 Å². The molecule has 2 amide bonds. The molecule has 0 unspecified atom stereocenters. The fourth-order valence-electron chi connectivity index (χ4n) is 3.50. The Kier molecular flexibility index (Phi) is 4.92. The first-order valence-electron chi connectivity index (χ1n) is 9.24. The number of anilines is 1. The molecule has 0 N–H and O–H groups in total. The minimum atomic E-state index is -4.48. The van der Waals surface area contributed by atoms with Crippen molar-refractivity contribution in [3.8, 4) is 5.75 Å². The van der Waals surface area contributed by atoms with Gasteiger partial charge in [-0.3, -0.25) is 14.6 Å². The number of halogens is 3. The summed E-state index contributed by atoms with van der Waals surface area (Å²) in [5.74, 6) is -0.443. The highest BCUT2D eigenvalue weighted by Crippen LogP contribution is 2.34. The van der Waals surface area contributed by atoms with Crippen molar-refractivity contribution < 1.29 is 27.5 Å². The summed E-state index contributed by atoms with van der Waals surface area (Å²) in [5.41, 5.74) is -0.112. The molecule has 4 rings (SSSR count). The minimum absolute atomic E-state index is 0.0786. The summed E-state index contributed by atoms with van der Waals surface area (Å²) in [6.07, 6.45) is -4.48. The normalized spacial score (nSPS) is 20.8. The number of hydrogen-bond donors (Lipinski definition) is 0. The molecule has 2 aliphatic rings. The van der Waals surface area contributed by atoms with Crippen LogP contribution in [0.25, 0.3) is 0 Å². The number of carbonyl (C=O) groups is 2. The van der Waals surface area contributed by atoms with E-state index in [0.717, 1.165) is 17.0 Å². The first kappa shape index (κ1) is 19.9. The number of hydrogen-bond acceptors (Lipinski definition) is 6. The summed E-state index contributed by atoms with van der Waals surface area (Å²) in [5, 5.41) is 9.02. The van der Waals surface area contributed by atoms with Crippen molar-refractivity contribution in [2.75, 3.05) is 11.5 Å². The Balaban J connectivity index is 1.55. The predicted molar refractivity (Wildman–Crippen MR) is 99.5 cm³/mol. The molecule has 0 spiro atoms. The fourth-order valence-corrected chi connectivity index (χ4v) is 3.50. The minimum Gasteiger partial charge on any atom is -0.494 e. The second-order valence-electron chi connectivity index (χ2n) is 6.83. The van der Waals surface area contributed by atoms with E-state index in [4.69, 9.17) is 4.74 Å². The van der Waals surface area contributed by atoms with Gasteiger partial charge in [-0.25, -0.2) is 4.90 Å². The molecule has 0 aliphatic carbocycles. The monoisotopic (exact) mass is 418 g/mol. The quantitative estimate of drug-likeness (QED) is 0.696. The van der Waals surface area contributed by atoms with Gasteiger partial charge < -0.3 is 4.74 Å². The maximum atomic E-state index is 13.0. The van der Waals surface area contributed by atoms with E-state index in [9.17, 15) is 22.8 Å². The number of benzene rings is 2. The number of ether oxygens (including phenoxy) is 1. The SMILES string of the molecule is CCOc1ccc(N2C(=O)[C@H]3N=NN(Cc4cccc(C(F)(F)F)c4)[C@H]3C2=O)cc1. The van der Waals surface area contributed by atoms with E-state index in [1.54, 1.807) is 24.3 Å². The van der Waals surface area contributed by atoms with Gasteiger partial charge >= 0.3 is 6.18 Å². The van der Waals surface area contributed by atoms with Gasteiger partial charge in [-0.15, -0.1) is 0 Å². The van der Waals surface area contributed by atoms with E-state index in [0.29, 0.717) is 23.6 Å². The summed E-state index contributed by atoms with van der Waals surface area (Å²) in [6, 6.07) is 9.23. The number of alkyl halides is 3. The predicted octanol–water partition coefficient (Wildman–Crippen LogP) is 3.60. The van der Waals surface area contributed by atoms with Gasteiger partial charge in [0.1, 0.15) is 5.75 Å². The Bertz CT molecular complexity index is 1010. The van der Waals surface area contributed by atoms with Crippen LogP contribution in [0.5, 0.6) is 5.75 Å². The van der Waals surface area contributed by atoms with Gasteiger partial charge in [-0.2, -0.15) is 18.3 Å². The van der Waals surface area contributed by atoms with Crippen LogP contribution >= 0.6 is 0 Å². The molecule has 2 heterocycles. The molecule has 30 heavy (non-hydrogen) atoms. The summed E-state index contributed by atoms with van der Waals surface area (Å²) >= 11 is 0. The molecule has 7 nitrogen and oxygen atoms in total. The van der Waals surface area contributed by atoms with Gasteiger partial charge in [-0.05, 0) is 48.9 Å². The standard InChI is InChI=1S/C20H17F3N4O3/c1-2-30-15-8-6-14(7-9-15)27-18(28)16-17(19(27)29)26(25-24-16)11-12-4-3-5-13(10-12)20(21,22)23/h3-10,16-17H,2,11H2,1H3/t16-,17+/m0/s1. The van der Waals surface area contributed by atoms with Crippen molar-refractivity contribution in [3.05, 3.63) is 59.7 Å². The molecule has 2 aromatic carbocycles. The highest BCUT2D eigenvalue weighted by Gasteiger charge is 2.54. The lowest BCUT2D eigenvalue weighted by Gasteiger charge is -2.21. The van der Waals surface area contributed by atoms with E-state index in [1.807, 2.05) is 6.92 Å². The van der Waals surface area contributed by atoms with Gasteiger partial charge in [0.15, 0.2) is 12.1 Å². The zero-order chi connectivity index (χ0) is 21.5. The number of imide groups is 1. The van der Waals surface area contributed by atoms with E-state index >= 15 is 0 Å². The van der Waals surface area contributed by atoms with Crippen molar-refractivity contribution in [2.45, 2.75) is 31.7 Å². The van der Waals surface area contributed by atoms with Gasteiger partial charge in [0, 0.05) is 0 Å². The molecule has 10 heteroatoms. The molecule has 2 atom stereocenters. The molecule has 0 aromatic heterocycles. The van der Waals surface area contributed by atoms with Crippen LogP contribution in [-0.4, -0.2) is 35.5 Å². The van der Waals surface area contributed by atoms with Crippen LogP contribution in [-0.2, 0) is 22.3 Å². The van der Waals surface area contributed by atoms with Crippen molar-refractivity contribution in [1.82, 2.24) is 5.01 Å². The summed E-state index contributed by atoms with van der Waals surface area (Å²) < 4.78 is 44.2. The van der Waals surface area contributed by atoms with Gasteiger partial charge in [0.25, 0.3) is 11.8 Å². The number of amides is 2. The molecule has 0 saturated carbocycles. The maximum Gasteiger partial charge on any atom is 0.416 e. The smallest absolute Gasteiger partial charge is 0.416 e. The Hall–Kier alpha value is -3.43. The van der Waals surface area contributed by atoms with E-state index in [-0.39, 0.29) is 6.54 Å². The molecule has 0 radical (unpaired) electrons. The Morgan fingerprint density at radius 2 is 1.80 bits per heavy atom. The number of fused-ring (bicyclic) bond motifs is 1. The Morgan fingerprint density at radius 1 is 1.07 bits per heavy atom. The lowest BCUT2D eigenvalue weighted by Crippen LogP contribution is -2.39. The van der Waals surface area contributed by atoms with Crippen molar-refractivity contribution >= 4 is 17.5 Å². The van der Waals surface area contributed by atoms with Crippen molar-refractivity contribution in [3.63, 3.8) is 0 Å². The lowest BCUT2D eigenvalue weighted by molar-refractivity contribution is -0.137. The summed E-state index contributed by atoms with van der Waals surface area (Å²) in [4.78, 5) is 26.7. The van der Waals surface area contributed by atoms with Crippen LogP contribution in [0.1, 0.15) is 18.1 Å². The highest BCUT2D eigenvalue weighted by atomic mass is 19.4. The second kappa shape index (κ2) is 7.43. The van der Waals surface area contributed by atoms with Crippen LogP contribution in [0.3, 0.4) is 0 Å². The lowest BCUT2D eigenvalue weighted by atomic mass is 10.1. The maximum absolute atomic E-state index is 13.0. The highest BCUT2D eigenvalue weighted by molar-refractivity contribution is 6.25. The van der Waals surface area contributed by atoms with Crippen LogP contribution in [0.4, 0.5) is 18.9 Å². The molecule has 1 saturated heterocycles. The molecule has 156 valence electrons. The molecular formula is C20H17F3N4O3. The summed E-state index contributed by atoms with van der Waals surface area (Å²) in [7, 11) is 0. The average Bonchev–Trinajstić information content (AvgIpc) is 3.22. The first-order valence-corrected chi connectivity index (χ1v) is 9.24. The molecule has 0 bridgehead atoms. The number of carbonyl (C=O) groups excluding carboxylic acids is 2. The zero-order valence-corrected chi connectivity index (χ0v) is 15.8. The Morgan fingerprint density at radius 3 is 2.47 bits per heavy atom. The van der Waals surface area contributed by atoms with Crippen LogP contribution in [0.2, 0.25) is 0 Å². The van der Waals surface area contributed by atoms with E-state index in [1.165, 1.54) is 17.1 Å². The molecular weight excluding hydrogens is 401 g/mol. The third-order valence-corrected chi connectivity index (χ3v) is 4.86.